The van der Waals surface area contributed by atoms with Crippen LogP contribution in [0.25, 0.3) is 0 Å². The normalized spacial score (nSPS) is 18.3. The Labute approximate surface area is 96.8 Å². The molecule has 0 aromatic rings. The first-order valence-corrected chi connectivity index (χ1v) is 5.83. The minimum Gasteiger partial charge on any atom is -0.393 e. The second-order valence-electron chi connectivity index (χ2n) is 5.09. The molecule has 1 atom stereocenters. The molecule has 1 aliphatic rings. The Morgan fingerprint density at radius 3 is 2.53 bits per heavy atom. The topological polar surface area (TPSA) is 55.1 Å². The fourth-order valence-electron chi connectivity index (χ4n) is 1.37. The van der Waals surface area contributed by atoms with E-state index in [2.05, 4.69) is 5.32 Å². The van der Waals surface area contributed by atoms with Crippen molar-refractivity contribution in [3.63, 3.8) is 0 Å². The van der Waals surface area contributed by atoms with Crippen LogP contribution in [0.3, 0.4) is 0 Å². The van der Waals surface area contributed by atoms with Crippen LogP contribution in [0.5, 0.6) is 0 Å². The van der Waals surface area contributed by atoms with Gasteiger partial charge in [0, 0.05) is 17.9 Å². The van der Waals surface area contributed by atoms with Gasteiger partial charge in [0.15, 0.2) is 0 Å². The van der Waals surface area contributed by atoms with Crippen LogP contribution < -0.4 is 11.1 Å². The fourth-order valence-corrected chi connectivity index (χ4v) is 1.44. The molecule has 1 saturated carbocycles. The molecule has 1 unspecified atom stereocenters. The Kier molecular flexibility index (Phi) is 3.71. The van der Waals surface area contributed by atoms with Crippen LogP contribution in [0.4, 0.5) is 0 Å². The van der Waals surface area contributed by atoms with E-state index < -0.39 is 0 Å². The number of thiocarbonyl (C=S) groups is 1. The summed E-state index contributed by atoms with van der Waals surface area (Å²) >= 11 is 4.94. The summed E-state index contributed by atoms with van der Waals surface area (Å²) in [4.78, 5) is 12.1. The molecule has 0 saturated heterocycles. The molecule has 1 amide bonds. The highest BCUT2D eigenvalue weighted by atomic mass is 32.1. The average Bonchev–Trinajstić information content (AvgIpc) is 2.96. The third-order valence-electron chi connectivity index (χ3n) is 3.11. The zero-order valence-electron chi connectivity index (χ0n) is 9.67. The molecule has 1 fully saturated rings. The summed E-state index contributed by atoms with van der Waals surface area (Å²) < 4.78 is 0. The SMILES string of the molecule is CC(C(=O)NCC(C)(C)C(N)=S)C1CC1. The van der Waals surface area contributed by atoms with Crippen molar-refractivity contribution in [3.8, 4) is 0 Å². The number of hydrogen-bond donors (Lipinski definition) is 2. The molecule has 0 aromatic carbocycles. The molecule has 86 valence electrons. The molecule has 0 bridgehead atoms. The maximum absolute atomic E-state index is 11.7. The van der Waals surface area contributed by atoms with Gasteiger partial charge < -0.3 is 11.1 Å². The van der Waals surface area contributed by atoms with Gasteiger partial charge in [-0.2, -0.15) is 0 Å². The molecule has 0 aliphatic heterocycles. The molecule has 15 heavy (non-hydrogen) atoms. The van der Waals surface area contributed by atoms with Crippen molar-refractivity contribution in [1.29, 1.82) is 0 Å². The van der Waals surface area contributed by atoms with Crippen molar-refractivity contribution >= 4 is 23.1 Å². The first kappa shape index (κ1) is 12.4. The van der Waals surface area contributed by atoms with Crippen molar-refractivity contribution in [3.05, 3.63) is 0 Å². The van der Waals surface area contributed by atoms with E-state index in [0.29, 0.717) is 17.5 Å². The summed E-state index contributed by atoms with van der Waals surface area (Å²) in [5.41, 5.74) is 5.29. The van der Waals surface area contributed by atoms with Crippen molar-refractivity contribution in [2.24, 2.45) is 23.0 Å². The number of hydrogen-bond acceptors (Lipinski definition) is 2. The van der Waals surface area contributed by atoms with Crippen LogP contribution in [0.15, 0.2) is 0 Å². The third-order valence-corrected chi connectivity index (χ3v) is 3.67. The molecular weight excluding hydrogens is 208 g/mol. The monoisotopic (exact) mass is 228 g/mol. The van der Waals surface area contributed by atoms with Gasteiger partial charge in [0.05, 0.1) is 4.99 Å². The first-order chi connectivity index (χ1) is 6.84. The minimum absolute atomic E-state index is 0.127. The maximum Gasteiger partial charge on any atom is 0.223 e. The second-order valence-corrected chi connectivity index (χ2v) is 5.53. The smallest absolute Gasteiger partial charge is 0.223 e. The van der Waals surface area contributed by atoms with Crippen molar-refractivity contribution in [2.45, 2.75) is 33.6 Å². The van der Waals surface area contributed by atoms with Crippen LogP contribution in [-0.2, 0) is 4.79 Å². The Balaban J connectivity index is 2.35. The zero-order valence-corrected chi connectivity index (χ0v) is 10.5. The van der Waals surface area contributed by atoms with E-state index in [-0.39, 0.29) is 17.2 Å². The van der Waals surface area contributed by atoms with Crippen LogP contribution in [0, 0.1) is 17.3 Å². The number of nitrogens with two attached hydrogens (primary N) is 1. The Hall–Kier alpha value is -0.640. The van der Waals surface area contributed by atoms with Gasteiger partial charge in [-0.25, -0.2) is 0 Å². The molecule has 1 aliphatic carbocycles. The van der Waals surface area contributed by atoms with Crippen molar-refractivity contribution in [1.82, 2.24) is 5.32 Å². The second kappa shape index (κ2) is 4.47. The quantitative estimate of drug-likeness (QED) is 0.700. The van der Waals surface area contributed by atoms with Crippen molar-refractivity contribution < 1.29 is 4.79 Å². The highest BCUT2D eigenvalue weighted by molar-refractivity contribution is 7.80. The Bertz CT molecular complexity index is 272. The molecule has 0 radical (unpaired) electrons. The lowest BCUT2D eigenvalue weighted by molar-refractivity contribution is -0.125. The highest BCUT2D eigenvalue weighted by Crippen LogP contribution is 2.36. The Morgan fingerprint density at radius 1 is 1.60 bits per heavy atom. The van der Waals surface area contributed by atoms with Gasteiger partial charge in [0.2, 0.25) is 5.91 Å². The lowest BCUT2D eigenvalue weighted by Gasteiger charge is -2.24. The zero-order chi connectivity index (χ0) is 11.6. The predicted octanol–water partition coefficient (Wildman–Crippen LogP) is 1.46. The van der Waals surface area contributed by atoms with Gasteiger partial charge in [0.25, 0.3) is 0 Å². The largest absolute Gasteiger partial charge is 0.393 e. The molecule has 0 heterocycles. The molecule has 4 heteroatoms. The molecule has 3 N–H and O–H groups in total. The lowest BCUT2D eigenvalue weighted by atomic mass is 9.93. The Morgan fingerprint density at radius 2 is 2.13 bits per heavy atom. The predicted molar refractivity (Wildman–Crippen MR) is 65.5 cm³/mol. The van der Waals surface area contributed by atoms with Gasteiger partial charge >= 0.3 is 0 Å². The van der Waals surface area contributed by atoms with Gasteiger partial charge in [-0.05, 0) is 18.8 Å². The summed E-state index contributed by atoms with van der Waals surface area (Å²) in [5, 5.41) is 2.92. The van der Waals surface area contributed by atoms with Gasteiger partial charge in [-0.3, -0.25) is 4.79 Å². The molecule has 0 aromatic heterocycles. The summed E-state index contributed by atoms with van der Waals surface area (Å²) in [6.07, 6.45) is 2.38. The van der Waals surface area contributed by atoms with E-state index in [4.69, 9.17) is 18.0 Å². The molecule has 1 rings (SSSR count). The van der Waals surface area contributed by atoms with E-state index >= 15 is 0 Å². The summed E-state index contributed by atoms with van der Waals surface area (Å²) in [5.74, 6) is 0.854. The summed E-state index contributed by atoms with van der Waals surface area (Å²) in [6.45, 7) is 6.40. The first-order valence-electron chi connectivity index (χ1n) is 5.42. The van der Waals surface area contributed by atoms with Crippen LogP contribution in [0.2, 0.25) is 0 Å². The van der Waals surface area contributed by atoms with Gasteiger partial charge in [-0.1, -0.05) is 33.0 Å². The van der Waals surface area contributed by atoms with E-state index in [0.717, 1.165) is 0 Å². The van der Waals surface area contributed by atoms with E-state index in [1.165, 1.54) is 12.8 Å². The van der Waals surface area contributed by atoms with E-state index in [9.17, 15) is 4.79 Å². The number of rotatable bonds is 5. The lowest BCUT2D eigenvalue weighted by Crippen LogP contribution is -2.43. The summed E-state index contributed by atoms with van der Waals surface area (Å²) in [7, 11) is 0. The highest BCUT2D eigenvalue weighted by Gasteiger charge is 2.33. The maximum atomic E-state index is 11.7. The number of carbonyl (C=O) groups excluding carboxylic acids is 1. The molecule has 3 nitrogen and oxygen atoms in total. The van der Waals surface area contributed by atoms with Crippen LogP contribution in [0.1, 0.15) is 33.6 Å². The third kappa shape index (κ3) is 3.45. The summed E-state index contributed by atoms with van der Waals surface area (Å²) in [6, 6.07) is 0. The van der Waals surface area contributed by atoms with Crippen molar-refractivity contribution in [2.75, 3.05) is 6.54 Å². The number of amides is 1. The van der Waals surface area contributed by atoms with Crippen LogP contribution >= 0.6 is 12.2 Å². The van der Waals surface area contributed by atoms with E-state index in [1.54, 1.807) is 0 Å². The molecular formula is C11H20N2OS. The van der Waals surface area contributed by atoms with Crippen LogP contribution in [-0.4, -0.2) is 17.4 Å². The minimum atomic E-state index is -0.297. The van der Waals surface area contributed by atoms with Gasteiger partial charge in [-0.15, -0.1) is 0 Å². The number of nitrogens with one attached hydrogen (secondary N) is 1. The average molecular weight is 228 g/mol. The fraction of sp³-hybridized carbons (Fsp3) is 0.818. The molecule has 0 spiro atoms. The number of carbonyl (C=O) groups is 1. The van der Waals surface area contributed by atoms with Gasteiger partial charge in [0.1, 0.15) is 0 Å². The van der Waals surface area contributed by atoms with E-state index in [1.807, 2.05) is 20.8 Å². The standard InChI is InChI=1S/C11H20N2OS/c1-7(8-4-5-8)9(14)13-6-11(2,3)10(12)15/h7-8H,4-6H2,1-3H3,(H2,12,15)(H,13,14).